The smallest absolute Gasteiger partial charge is 0.320 e. The Kier molecular flexibility index (Phi) is 6.82. The molecule has 1 fully saturated rings. The molecule has 0 radical (unpaired) electrons. The predicted molar refractivity (Wildman–Crippen MR) is 78.7 cm³/mol. The number of carbonyl (C=O) groups is 2. The van der Waals surface area contributed by atoms with Gasteiger partial charge in [-0.05, 0) is 39.5 Å². The minimum absolute atomic E-state index is 0.00582. The molecule has 2 atom stereocenters. The SMILES string of the molecule is CCCC1CCCCN1C(=O)N(CC)C(C)CC(=O)O. The van der Waals surface area contributed by atoms with E-state index in [0.717, 1.165) is 32.2 Å². The van der Waals surface area contributed by atoms with Crippen molar-refractivity contribution in [1.82, 2.24) is 9.80 Å². The number of carboxylic acid groups (broad SMARTS) is 1. The number of aliphatic carboxylic acids is 1. The van der Waals surface area contributed by atoms with Crippen molar-refractivity contribution in [3.05, 3.63) is 0 Å². The van der Waals surface area contributed by atoms with Crippen LogP contribution in [-0.4, -0.2) is 52.1 Å². The first kappa shape index (κ1) is 16.8. The van der Waals surface area contributed by atoms with Crippen molar-refractivity contribution in [2.24, 2.45) is 0 Å². The number of hydrogen-bond donors (Lipinski definition) is 1. The molecule has 1 aliphatic heterocycles. The van der Waals surface area contributed by atoms with Gasteiger partial charge in [-0.2, -0.15) is 0 Å². The van der Waals surface area contributed by atoms with Gasteiger partial charge < -0.3 is 14.9 Å². The van der Waals surface area contributed by atoms with Crippen molar-refractivity contribution in [1.29, 1.82) is 0 Å². The van der Waals surface area contributed by atoms with Crippen LogP contribution in [-0.2, 0) is 4.79 Å². The highest BCUT2D eigenvalue weighted by Gasteiger charge is 2.31. The molecule has 2 unspecified atom stereocenters. The van der Waals surface area contributed by atoms with E-state index < -0.39 is 5.97 Å². The third-order valence-corrected chi connectivity index (χ3v) is 4.08. The summed E-state index contributed by atoms with van der Waals surface area (Å²) in [5.74, 6) is -0.854. The van der Waals surface area contributed by atoms with Gasteiger partial charge in [0.1, 0.15) is 0 Å². The highest BCUT2D eigenvalue weighted by molar-refractivity contribution is 5.76. The monoisotopic (exact) mass is 284 g/mol. The Labute approximate surface area is 121 Å². The Morgan fingerprint density at radius 1 is 1.35 bits per heavy atom. The average Bonchev–Trinajstić information content (AvgIpc) is 2.39. The standard InChI is InChI=1S/C15H28N2O3/c1-4-8-13-9-6-7-10-17(13)15(20)16(5-2)12(3)11-14(18)19/h12-13H,4-11H2,1-3H3,(H,18,19). The Morgan fingerprint density at radius 3 is 2.60 bits per heavy atom. The molecule has 20 heavy (non-hydrogen) atoms. The normalized spacial score (nSPS) is 20.6. The van der Waals surface area contributed by atoms with E-state index in [0.29, 0.717) is 12.6 Å². The molecule has 1 rings (SSSR count). The highest BCUT2D eigenvalue weighted by atomic mass is 16.4. The summed E-state index contributed by atoms with van der Waals surface area (Å²) in [5.41, 5.74) is 0. The molecule has 0 aromatic heterocycles. The van der Waals surface area contributed by atoms with E-state index in [4.69, 9.17) is 5.11 Å². The van der Waals surface area contributed by atoms with Crippen LogP contribution in [0.2, 0.25) is 0 Å². The summed E-state index contributed by atoms with van der Waals surface area (Å²) in [6.45, 7) is 7.23. The van der Waals surface area contributed by atoms with Crippen molar-refractivity contribution < 1.29 is 14.7 Å². The minimum atomic E-state index is -0.854. The molecule has 0 aromatic rings. The van der Waals surface area contributed by atoms with Crippen LogP contribution in [0.3, 0.4) is 0 Å². The number of hydrogen-bond acceptors (Lipinski definition) is 2. The number of carboxylic acids is 1. The molecule has 5 heteroatoms. The maximum absolute atomic E-state index is 12.7. The van der Waals surface area contributed by atoms with E-state index in [9.17, 15) is 9.59 Å². The van der Waals surface area contributed by atoms with Crippen molar-refractivity contribution in [2.45, 2.75) is 71.4 Å². The average molecular weight is 284 g/mol. The van der Waals surface area contributed by atoms with Crippen LogP contribution >= 0.6 is 0 Å². The molecule has 0 saturated carbocycles. The molecule has 116 valence electrons. The number of piperidine rings is 1. The van der Waals surface area contributed by atoms with Crippen LogP contribution in [0.15, 0.2) is 0 Å². The van der Waals surface area contributed by atoms with Gasteiger partial charge in [-0.1, -0.05) is 13.3 Å². The van der Waals surface area contributed by atoms with E-state index in [1.54, 1.807) is 4.90 Å². The first-order chi connectivity index (χ1) is 9.51. The van der Waals surface area contributed by atoms with Crippen LogP contribution < -0.4 is 0 Å². The van der Waals surface area contributed by atoms with Crippen molar-refractivity contribution in [3.8, 4) is 0 Å². The molecule has 0 spiro atoms. The van der Waals surface area contributed by atoms with Crippen LogP contribution in [0.4, 0.5) is 4.79 Å². The zero-order valence-electron chi connectivity index (χ0n) is 13.0. The minimum Gasteiger partial charge on any atom is -0.481 e. The van der Waals surface area contributed by atoms with Gasteiger partial charge in [0, 0.05) is 25.2 Å². The fourth-order valence-electron chi connectivity index (χ4n) is 3.05. The molecule has 1 N–H and O–H groups in total. The topological polar surface area (TPSA) is 60.9 Å². The number of nitrogens with zero attached hydrogens (tertiary/aromatic N) is 2. The number of rotatable bonds is 6. The van der Waals surface area contributed by atoms with E-state index in [2.05, 4.69) is 6.92 Å². The molecular formula is C15H28N2O3. The van der Waals surface area contributed by atoms with E-state index in [1.165, 1.54) is 6.42 Å². The summed E-state index contributed by atoms with van der Waals surface area (Å²) < 4.78 is 0. The lowest BCUT2D eigenvalue weighted by Gasteiger charge is -2.40. The highest BCUT2D eigenvalue weighted by Crippen LogP contribution is 2.23. The molecule has 5 nitrogen and oxygen atoms in total. The molecule has 1 aliphatic rings. The molecular weight excluding hydrogens is 256 g/mol. The predicted octanol–water partition coefficient (Wildman–Crippen LogP) is 2.95. The van der Waals surface area contributed by atoms with Crippen LogP contribution in [0, 0.1) is 0 Å². The number of carbonyl (C=O) groups excluding carboxylic acids is 1. The summed E-state index contributed by atoms with van der Waals surface area (Å²) in [7, 11) is 0. The Balaban J connectivity index is 2.74. The van der Waals surface area contributed by atoms with Gasteiger partial charge in [-0.3, -0.25) is 4.79 Å². The molecule has 0 aromatic carbocycles. The first-order valence-electron chi connectivity index (χ1n) is 7.80. The molecule has 0 aliphatic carbocycles. The van der Waals surface area contributed by atoms with E-state index >= 15 is 0 Å². The van der Waals surface area contributed by atoms with Gasteiger partial charge in [0.05, 0.1) is 6.42 Å². The van der Waals surface area contributed by atoms with Gasteiger partial charge in [0.2, 0.25) is 0 Å². The first-order valence-corrected chi connectivity index (χ1v) is 7.80. The molecule has 0 bridgehead atoms. The summed E-state index contributed by atoms with van der Waals surface area (Å²) in [6.07, 6.45) is 5.43. The van der Waals surface area contributed by atoms with Crippen molar-refractivity contribution in [2.75, 3.05) is 13.1 Å². The third kappa shape index (κ3) is 4.39. The van der Waals surface area contributed by atoms with Crippen LogP contribution in [0.1, 0.15) is 59.3 Å². The Bertz CT molecular complexity index is 331. The molecule has 2 amide bonds. The number of likely N-dealkylation sites (tertiary alicyclic amines) is 1. The van der Waals surface area contributed by atoms with Crippen LogP contribution in [0.25, 0.3) is 0 Å². The Morgan fingerprint density at radius 2 is 2.05 bits per heavy atom. The second-order valence-corrected chi connectivity index (χ2v) is 5.65. The lowest BCUT2D eigenvalue weighted by atomic mass is 9.98. The summed E-state index contributed by atoms with van der Waals surface area (Å²) in [4.78, 5) is 27.2. The quantitative estimate of drug-likeness (QED) is 0.815. The lowest BCUT2D eigenvalue weighted by molar-refractivity contribution is -0.138. The van der Waals surface area contributed by atoms with E-state index in [1.807, 2.05) is 18.7 Å². The zero-order chi connectivity index (χ0) is 15.1. The van der Waals surface area contributed by atoms with E-state index in [-0.39, 0.29) is 18.5 Å². The molecule has 1 saturated heterocycles. The fourth-order valence-corrected chi connectivity index (χ4v) is 3.05. The van der Waals surface area contributed by atoms with Gasteiger partial charge >= 0.3 is 12.0 Å². The third-order valence-electron chi connectivity index (χ3n) is 4.08. The summed E-state index contributed by atoms with van der Waals surface area (Å²) in [5, 5.41) is 8.91. The second-order valence-electron chi connectivity index (χ2n) is 5.65. The van der Waals surface area contributed by atoms with Crippen molar-refractivity contribution in [3.63, 3.8) is 0 Å². The maximum Gasteiger partial charge on any atom is 0.320 e. The molecule has 1 heterocycles. The Hall–Kier alpha value is -1.26. The van der Waals surface area contributed by atoms with Gasteiger partial charge in [-0.15, -0.1) is 0 Å². The summed E-state index contributed by atoms with van der Waals surface area (Å²) >= 11 is 0. The largest absolute Gasteiger partial charge is 0.481 e. The summed E-state index contributed by atoms with van der Waals surface area (Å²) in [6, 6.07) is 0.0842. The maximum atomic E-state index is 12.7. The van der Waals surface area contributed by atoms with Gasteiger partial charge in [-0.25, -0.2) is 4.79 Å². The van der Waals surface area contributed by atoms with Crippen LogP contribution in [0.5, 0.6) is 0 Å². The lowest BCUT2D eigenvalue weighted by Crippen LogP contribution is -2.53. The fraction of sp³-hybridized carbons (Fsp3) is 0.867. The van der Waals surface area contributed by atoms with Gasteiger partial charge in [0.15, 0.2) is 0 Å². The number of urea groups is 1. The zero-order valence-corrected chi connectivity index (χ0v) is 13.0. The second kappa shape index (κ2) is 8.12. The van der Waals surface area contributed by atoms with Crippen molar-refractivity contribution >= 4 is 12.0 Å². The number of amides is 2. The van der Waals surface area contributed by atoms with Gasteiger partial charge in [0.25, 0.3) is 0 Å².